The molecule has 0 radical (unpaired) electrons. The van der Waals surface area contributed by atoms with Crippen LogP contribution in [0.2, 0.25) is 0 Å². The summed E-state index contributed by atoms with van der Waals surface area (Å²) in [6.07, 6.45) is 2.68. The molecule has 1 aromatic carbocycles. The number of benzene rings is 1. The molecule has 2 aromatic rings. The second-order valence-electron chi connectivity index (χ2n) is 5.39. The van der Waals surface area contributed by atoms with Gasteiger partial charge in [0, 0.05) is 6.42 Å². The quantitative estimate of drug-likeness (QED) is 0.287. The lowest BCUT2D eigenvalue weighted by Gasteiger charge is -2.06. The Hall–Kier alpha value is -2.59. The number of carbonyl (C=O) groups is 1. The molecule has 134 valence electrons. The third kappa shape index (κ3) is 5.47. The molecule has 0 spiro atoms. The van der Waals surface area contributed by atoms with Gasteiger partial charge >= 0.3 is 5.82 Å². The van der Waals surface area contributed by atoms with Gasteiger partial charge in [-0.3, -0.25) is 8.98 Å². The molecule has 0 bridgehead atoms. The Kier molecular flexibility index (Phi) is 5.99. The summed E-state index contributed by atoms with van der Waals surface area (Å²) in [6, 6.07) is 6.26. The van der Waals surface area contributed by atoms with Crippen LogP contribution in [0.25, 0.3) is 0 Å². The molecular formula is C15H17N3O6S. The average Bonchev–Trinajstić information content (AvgIpc) is 3.01. The molecule has 0 N–H and O–H groups in total. The molecule has 0 amide bonds. The van der Waals surface area contributed by atoms with Crippen LogP contribution in [0.1, 0.15) is 18.4 Å². The van der Waals surface area contributed by atoms with Crippen molar-refractivity contribution in [2.45, 2.75) is 31.2 Å². The highest BCUT2D eigenvalue weighted by molar-refractivity contribution is 7.86. The third-order valence-corrected chi connectivity index (χ3v) is 4.64. The molecule has 0 aliphatic rings. The Balaban J connectivity index is 1.77. The molecule has 0 saturated heterocycles. The number of ketones is 1. The van der Waals surface area contributed by atoms with Crippen molar-refractivity contribution >= 4 is 21.7 Å². The van der Waals surface area contributed by atoms with E-state index in [9.17, 15) is 23.3 Å². The van der Waals surface area contributed by atoms with E-state index in [0.29, 0.717) is 0 Å². The maximum Gasteiger partial charge on any atom is 0.381 e. The predicted octanol–water partition coefficient (Wildman–Crippen LogP) is 1.85. The zero-order chi connectivity index (χ0) is 18.4. The summed E-state index contributed by atoms with van der Waals surface area (Å²) in [7, 11) is -3.84. The number of aryl methyl sites for hydroxylation is 1. The van der Waals surface area contributed by atoms with Gasteiger partial charge in [-0.05, 0) is 35.4 Å². The fraction of sp³-hybridized carbons (Fsp3) is 0.333. The van der Waals surface area contributed by atoms with Crippen molar-refractivity contribution in [3.63, 3.8) is 0 Å². The van der Waals surface area contributed by atoms with Crippen LogP contribution in [-0.4, -0.2) is 35.3 Å². The van der Waals surface area contributed by atoms with Crippen molar-refractivity contribution in [1.82, 2.24) is 9.55 Å². The Labute approximate surface area is 144 Å². The van der Waals surface area contributed by atoms with Crippen LogP contribution in [0.5, 0.6) is 0 Å². The lowest BCUT2D eigenvalue weighted by atomic mass is 10.2. The number of imidazole rings is 1. The molecule has 0 aliphatic carbocycles. The molecule has 25 heavy (non-hydrogen) atoms. The van der Waals surface area contributed by atoms with Gasteiger partial charge < -0.3 is 14.7 Å². The van der Waals surface area contributed by atoms with Crippen LogP contribution in [-0.2, 0) is 25.6 Å². The smallest absolute Gasteiger partial charge is 0.358 e. The van der Waals surface area contributed by atoms with E-state index in [2.05, 4.69) is 4.98 Å². The minimum Gasteiger partial charge on any atom is -0.358 e. The molecule has 0 saturated carbocycles. The van der Waals surface area contributed by atoms with Gasteiger partial charge in [0.2, 0.25) is 6.33 Å². The van der Waals surface area contributed by atoms with Crippen LogP contribution in [0.4, 0.5) is 5.82 Å². The zero-order valence-corrected chi connectivity index (χ0v) is 14.3. The van der Waals surface area contributed by atoms with Crippen LogP contribution in [0, 0.1) is 17.0 Å². The number of carbonyl (C=O) groups excluding carboxylic acids is 1. The maximum absolute atomic E-state index is 12.0. The molecule has 0 aliphatic heterocycles. The summed E-state index contributed by atoms with van der Waals surface area (Å²) < 4.78 is 30.1. The van der Waals surface area contributed by atoms with Gasteiger partial charge in [0.05, 0.1) is 18.0 Å². The molecule has 1 aromatic heterocycles. The van der Waals surface area contributed by atoms with Gasteiger partial charge in [0.1, 0.15) is 6.20 Å². The van der Waals surface area contributed by atoms with E-state index < -0.39 is 15.0 Å². The molecule has 9 nitrogen and oxygen atoms in total. The predicted molar refractivity (Wildman–Crippen MR) is 87.4 cm³/mol. The van der Waals surface area contributed by atoms with Gasteiger partial charge in [0.15, 0.2) is 5.78 Å². The lowest BCUT2D eigenvalue weighted by molar-refractivity contribution is -0.389. The topological polar surface area (TPSA) is 121 Å². The van der Waals surface area contributed by atoms with Crippen molar-refractivity contribution in [3.05, 3.63) is 52.5 Å². The molecule has 0 fully saturated rings. The molecule has 1 heterocycles. The standard InChI is InChI=1S/C15H17N3O6S/c1-12-4-6-14(7-5-12)25(22,23)24-8-2-3-13(19)9-17-10-15(16-11-17)18(20)21/h4-7,10-11H,2-3,8-9H2,1H3. The van der Waals surface area contributed by atoms with Crippen molar-refractivity contribution in [3.8, 4) is 0 Å². The SMILES string of the molecule is Cc1ccc(S(=O)(=O)OCCCC(=O)Cn2cnc([N+](=O)[O-])c2)cc1. The minimum absolute atomic E-state index is 0.0639. The maximum atomic E-state index is 12.0. The Morgan fingerprint density at radius 1 is 1.32 bits per heavy atom. The number of hydrogen-bond acceptors (Lipinski definition) is 7. The minimum atomic E-state index is -3.84. The van der Waals surface area contributed by atoms with E-state index in [4.69, 9.17) is 4.18 Å². The number of hydrogen-bond donors (Lipinski definition) is 0. The van der Waals surface area contributed by atoms with Crippen LogP contribution in [0.15, 0.2) is 41.7 Å². The van der Waals surface area contributed by atoms with E-state index in [0.717, 1.165) is 11.8 Å². The number of nitrogens with zero attached hydrogens (tertiary/aromatic N) is 3. The van der Waals surface area contributed by atoms with Crippen molar-refractivity contribution in [2.75, 3.05) is 6.61 Å². The first-order valence-electron chi connectivity index (χ1n) is 7.42. The lowest BCUT2D eigenvalue weighted by Crippen LogP contribution is -2.11. The summed E-state index contributed by atoms with van der Waals surface area (Å²) in [5.74, 6) is -0.538. The number of aromatic nitrogens is 2. The summed E-state index contributed by atoms with van der Waals surface area (Å²) in [4.78, 5) is 25.3. The summed E-state index contributed by atoms with van der Waals surface area (Å²) >= 11 is 0. The first kappa shape index (κ1) is 18.7. The van der Waals surface area contributed by atoms with E-state index in [-0.39, 0.29) is 42.5 Å². The Morgan fingerprint density at radius 2 is 2.00 bits per heavy atom. The third-order valence-electron chi connectivity index (χ3n) is 3.31. The Bertz CT molecular complexity index is 858. The van der Waals surface area contributed by atoms with Gasteiger partial charge in [-0.15, -0.1) is 0 Å². The van der Waals surface area contributed by atoms with Crippen molar-refractivity contribution in [2.24, 2.45) is 0 Å². The average molecular weight is 367 g/mol. The van der Waals surface area contributed by atoms with E-state index >= 15 is 0 Å². The summed E-state index contributed by atoms with van der Waals surface area (Å²) in [5, 5.41) is 10.5. The Morgan fingerprint density at radius 3 is 2.60 bits per heavy atom. The number of rotatable bonds is 9. The first-order chi connectivity index (χ1) is 11.8. The van der Waals surface area contributed by atoms with Gasteiger partial charge in [0.25, 0.3) is 10.1 Å². The molecule has 2 rings (SSSR count). The van der Waals surface area contributed by atoms with E-state index in [1.807, 2.05) is 6.92 Å². The molecule has 0 unspecified atom stereocenters. The highest BCUT2D eigenvalue weighted by Gasteiger charge is 2.15. The van der Waals surface area contributed by atoms with Gasteiger partial charge in [-0.1, -0.05) is 17.7 Å². The monoisotopic (exact) mass is 367 g/mol. The second kappa shape index (κ2) is 7.99. The van der Waals surface area contributed by atoms with Crippen molar-refractivity contribution < 1.29 is 22.3 Å². The van der Waals surface area contributed by atoms with Crippen molar-refractivity contribution in [1.29, 1.82) is 0 Å². The van der Waals surface area contributed by atoms with Gasteiger partial charge in [-0.2, -0.15) is 8.42 Å². The summed E-state index contributed by atoms with van der Waals surface area (Å²) in [5.41, 5.74) is 0.935. The largest absolute Gasteiger partial charge is 0.381 e. The summed E-state index contributed by atoms with van der Waals surface area (Å²) in [6.45, 7) is 1.66. The molecule has 10 heteroatoms. The fourth-order valence-electron chi connectivity index (χ4n) is 2.02. The molecular weight excluding hydrogens is 350 g/mol. The second-order valence-corrected chi connectivity index (χ2v) is 7.01. The first-order valence-corrected chi connectivity index (χ1v) is 8.83. The van der Waals surface area contributed by atoms with E-state index in [1.54, 1.807) is 12.1 Å². The number of Topliss-reactive ketones (excluding diaryl/α,β-unsaturated/α-hetero) is 1. The highest BCUT2D eigenvalue weighted by Crippen LogP contribution is 2.14. The zero-order valence-electron chi connectivity index (χ0n) is 13.5. The van der Waals surface area contributed by atoms with E-state index in [1.165, 1.54) is 23.0 Å². The van der Waals surface area contributed by atoms with Crippen LogP contribution >= 0.6 is 0 Å². The van der Waals surface area contributed by atoms with Crippen LogP contribution in [0.3, 0.4) is 0 Å². The highest BCUT2D eigenvalue weighted by atomic mass is 32.2. The fourth-order valence-corrected chi connectivity index (χ4v) is 2.97. The van der Waals surface area contributed by atoms with Gasteiger partial charge in [-0.25, -0.2) is 0 Å². The number of nitro groups is 1. The molecule has 0 atom stereocenters. The van der Waals surface area contributed by atoms with Crippen LogP contribution < -0.4 is 0 Å². The normalized spacial score (nSPS) is 11.4.